The highest BCUT2D eigenvalue weighted by Gasteiger charge is 2.26. The molecule has 0 aromatic carbocycles. The number of hydrogen-bond donors (Lipinski definition) is 2. The molecule has 2 aromatic heterocycles. The minimum absolute atomic E-state index is 0.0760. The van der Waals surface area contributed by atoms with Gasteiger partial charge in [-0.1, -0.05) is 0 Å². The highest BCUT2D eigenvalue weighted by atomic mass is 16.4. The van der Waals surface area contributed by atoms with Crippen LogP contribution in [0, 0.1) is 0 Å². The molecule has 0 spiro atoms. The van der Waals surface area contributed by atoms with Crippen molar-refractivity contribution in [2.24, 2.45) is 7.05 Å². The average Bonchev–Trinajstić information content (AvgIpc) is 2.94. The van der Waals surface area contributed by atoms with E-state index in [9.17, 15) is 4.79 Å². The summed E-state index contributed by atoms with van der Waals surface area (Å²) in [6.45, 7) is 4.28. The molecule has 1 unspecified atom stereocenters. The Balaban J connectivity index is 1.67. The van der Waals surface area contributed by atoms with Crippen molar-refractivity contribution in [1.82, 2.24) is 24.6 Å². The normalized spacial score (nSPS) is 18.6. The van der Waals surface area contributed by atoms with E-state index in [0.29, 0.717) is 12.5 Å². The summed E-state index contributed by atoms with van der Waals surface area (Å²) in [5.41, 5.74) is 0.828. The fourth-order valence-corrected chi connectivity index (χ4v) is 2.81. The lowest BCUT2D eigenvalue weighted by molar-refractivity contribution is -0.138. The molecule has 1 saturated heterocycles. The molecule has 3 rings (SSSR count). The number of carboxylic acids is 1. The van der Waals surface area contributed by atoms with Crippen molar-refractivity contribution in [3.63, 3.8) is 0 Å². The molecule has 1 aliphatic rings. The predicted molar refractivity (Wildman–Crippen MR) is 89.4 cm³/mol. The first-order chi connectivity index (χ1) is 11.5. The summed E-state index contributed by atoms with van der Waals surface area (Å²) < 4.78 is 1.70. The Morgan fingerprint density at radius 3 is 2.96 bits per heavy atom. The Bertz CT molecular complexity index is 717. The van der Waals surface area contributed by atoms with Gasteiger partial charge in [0.1, 0.15) is 5.82 Å². The minimum atomic E-state index is -0.791. The highest BCUT2D eigenvalue weighted by molar-refractivity contribution is 5.69. The molecule has 1 atom stereocenters. The van der Waals surface area contributed by atoms with Crippen LogP contribution in [0.25, 0.3) is 0 Å². The number of aryl methyl sites for hydroxylation is 1. The largest absolute Gasteiger partial charge is 0.480 e. The van der Waals surface area contributed by atoms with Gasteiger partial charge < -0.3 is 15.3 Å². The molecule has 0 bridgehead atoms. The first-order valence-corrected chi connectivity index (χ1v) is 7.81. The summed E-state index contributed by atoms with van der Waals surface area (Å²) in [4.78, 5) is 23.8. The SMILES string of the molecule is CC1CN(c2ccnc(Nc3cnn(C)c3)n2)CCN1CC(=O)O. The Kier molecular flexibility index (Phi) is 4.61. The van der Waals surface area contributed by atoms with Crippen LogP contribution in [0.1, 0.15) is 6.92 Å². The first kappa shape index (κ1) is 16.2. The fraction of sp³-hybridized carbons (Fsp3) is 0.467. The number of aliphatic carboxylic acids is 1. The highest BCUT2D eigenvalue weighted by Crippen LogP contribution is 2.19. The lowest BCUT2D eigenvalue weighted by Gasteiger charge is -2.39. The third-order valence-electron chi connectivity index (χ3n) is 4.03. The van der Waals surface area contributed by atoms with E-state index in [4.69, 9.17) is 5.11 Å². The molecule has 2 aromatic rings. The van der Waals surface area contributed by atoms with Crippen LogP contribution in [0.3, 0.4) is 0 Å². The molecule has 1 aliphatic heterocycles. The molecule has 9 heteroatoms. The van der Waals surface area contributed by atoms with Gasteiger partial charge in [-0.15, -0.1) is 0 Å². The molecule has 128 valence electrons. The van der Waals surface area contributed by atoms with Gasteiger partial charge in [-0.05, 0) is 13.0 Å². The maximum atomic E-state index is 10.9. The average molecular weight is 331 g/mol. The molecular weight excluding hydrogens is 310 g/mol. The van der Waals surface area contributed by atoms with E-state index < -0.39 is 5.97 Å². The van der Waals surface area contributed by atoms with Gasteiger partial charge in [0.25, 0.3) is 0 Å². The van der Waals surface area contributed by atoms with Crippen molar-refractivity contribution in [2.75, 3.05) is 36.4 Å². The second-order valence-electron chi connectivity index (χ2n) is 5.93. The van der Waals surface area contributed by atoms with Crippen molar-refractivity contribution < 1.29 is 9.90 Å². The maximum absolute atomic E-state index is 10.9. The quantitative estimate of drug-likeness (QED) is 0.819. The molecule has 9 nitrogen and oxygen atoms in total. The van der Waals surface area contributed by atoms with E-state index in [0.717, 1.165) is 24.6 Å². The van der Waals surface area contributed by atoms with Crippen LogP contribution in [0.5, 0.6) is 0 Å². The number of hydrogen-bond acceptors (Lipinski definition) is 7. The zero-order valence-corrected chi connectivity index (χ0v) is 13.8. The zero-order chi connectivity index (χ0) is 17.1. The van der Waals surface area contributed by atoms with Crippen LogP contribution in [0.2, 0.25) is 0 Å². The monoisotopic (exact) mass is 331 g/mol. The molecule has 1 fully saturated rings. The lowest BCUT2D eigenvalue weighted by atomic mass is 10.2. The Morgan fingerprint density at radius 2 is 2.29 bits per heavy atom. The lowest BCUT2D eigenvalue weighted by Crippen LogP contribution is -2.53. The molecule has 0 radical (unpaired) electrons. The van der Waals surface area contributed by atoms with Gasteiger partial charge in [0, 0.05) is 45.1 Å². The molecule has 0 aliphatic carbocycles. The van der Waals surface area contributed by atoms with Crippen LogP contribution >= 0.6 is 0 Å². The van der Waals surface area contributed by atoms with E-state index in [1.54, 1.807) is 17.1 Å². The zero-order valence-electron chi connectivity index (χ0n) is 13.8. The smallest absolute Gasteiger partial charge is 0.317 e. The van der Waals surface area contributed by atoms with Gasteiger partial charge >= 0.3 is 5.97 Å². The van der Waals surface area contributed by atoms with Crippen LogP contribution in [-0.4, -0.2) is 67.9 Å². The summed E-state index contributed by atoms with van der Waals surface area (Å²) in [5.74, 6) is 0.555. The van der Waals surface area contributed by atoms with Crippen LogP contribution in [-0.2, 0) is 11.8 Å². The first-order valence-electron chi connectivity index (χ1n) is 7.81. The number of carbonyl (C=O) groups is 1. The third kappa shape index (κ3) is 3.80. The second-order valence-corrected chi connectivity index (χ2v) is 5.93. The summed E-state index contributed by atoms with van der Waals surface area (Å²) in [6, 6.07) is 2.02. The van der Waals surface area contributed by atoms with Gasteiger partial charge in [0.2, 0.25) is 5.95 Å². The third-order valence-corrected chi connectivity index (χ3v) is 4.03. The molecule has 0 saturated carbocycles. The number of nitrogens with one attached hydrogen (secondary N) is 1. The van der Waals surface area contributed by atoms with Gasteiger partial charge in [-0.2, -0.15) is 10.1 Å². The fourth-order valence-electron chi connectivity index (χ4n) is 2.81. The summed E-state index contributed by atoms with van der Waals surface area (Å²) in [7, 11) is 1.85. The Morgan fingerprint density at radius 1 is 1.46 bits per heavy atom. The maximum Gasteiger partial charge on any atom is 0.317 e. The van der Waals surface area contributed by atoms with E-state index in [-0.39, 0.29) is 12.6 Å². The topological polar surface area (TPSA) is 99.4 Å². The number of rotatable bonds is 5. The van der Waals surface area contributed by atoms with E-state index in [1.165, 1.54) is 0 Å². The van der Waals surface area contributed by atoms with Crippen LogP contribution in [0.15, 0.2) is 24.7 Å². The van der Waals surface area contributed by atoms with E-state index in [2.05, 4.69) is 25.3 Å². The van der Waals surface area contributed by atoms with Gasteiger partial charge in [0.15, 0.2) is 0 Å². The Labute approximate surface area is 139 Å². The number of piperazine rings is 1. The van der Waals surface area contributed by atoms with Crippen molar-refractivity contribution in [2.45, 2.75) is 13.0 Å². The summed E-state index contributed by atoms with van der Waals surface area (Å²) in [6.07, 6.45) is 5.28. The minimum Gasteiger partial charge on any atom is -0.480 e. The number of carboxylic acid groups (broad SMARTS) is 1. The summed E-state index contributed by atoms with van der Waals surface area (Å²) in [5, 5.41) is 16.2. The van der Waals surface area contributed by atoms with Crippen molar-refractivity contribution >= 4 is 23.4 Å². The number of nitrogens with zero attached hydrogens (tertiary/aromatic N) is 6. The number of aromatic nitrogens is 4. The van der Waals surface area contributed by atoms with E-state index >= 15 is 0 Å². The summed E-state index contributed by atoms with van der Waals surface area (Å²) >= 11 is 0. The van der Waals surface area contributed by atoms with Gasteiger partial charge in [-0.25, -0.2) is 4.98 Å². The van der Waals surface area contributed by atoms with Crippen LogP contribution < -0.4 is 10.2 Å². The van der Waals surface area contributed by atoms with Crippen molar-refractivity contribution in [1.29, 1.82) is 0 Å². The molecule has 2 N–H and O–H groups in total. The molecular formula is C15H21N7O2. The predicted octanol–water partition coefficient (Wildman–Crippen LogP) is 0.549. The van der Waals surface area contributed by atoms with Gasteiger partial charge in [-0.3, -0.25) is 14.4 Å². The van der Waals surface area contributed by atoms with Crippen molar-refractivity contribution in [3.05, 3.63) is 24.7 Å². The van der Waals surface area contributed by atoms with Crippen molar-refractivity contribution in [3.8, 4) is 0 Å². The second kappa shape index (κ2) is 6.83. The molecule has 3 heterocycles. The molecule has 24 heavy (non-hydrogen) atoms. The standard InChI is InChI=1S/C15H21N7O2/c1-11-8-22(6-5-21(11)10-14(23)24)13-3-4-16-15(19-13)18-12-7-17-20(2)9-12/h3-4,7,9,11H,5-6,8,10H2,1-2H3,(H,23,24)(H,16,18,19). The van der Waals surface area contributed by atoms with Gasteiger partial charge in [0.05, 0.1) is 18.4 Å². The van der Waals surface area contributed by atoms with Crippen LogP contribution in [0.4, 0.5) is 17.5 Å². The molecule has 0 amide bonds. The van der Waals surface area contributed by atoms with E-state index in [1.807, 2.05) is 31.1 Å². The number of anilines is 3. The Hall–Kier alpha value is -2.68.